The molecule has 1 aromatic rings. The standard InChI is InChI=1S/C16H26N2O2/c1-11-6-7-15(12(2)8-11)9-13(3)17-16(20)18(5)14(4)10-19/h6-8,13-14,19H,9-10H2,1-5H3,(H,17,20). The Labute approximate surface area is 121 Å². The van der Waals surface area contributed by atoms with Gasteiger partial charge in [-0.1, -0.05) is 23.8 Å². The number of nitrogens with zero attached hydrogens (tertiary/aromatic N) is 1. The van der Waals surface area contributed by atoms with E-state index in [-0.39, 0.29) is 24.7 Å². The summed E-state index contributed by atoms with van der Waals surface area (Å²) < 4.78 is 0. The van der Waals surface area contributed by atoms with Gasteiger partial charge in [-0.2, -0.15) is 0 Å². The van der Waals surface area contributed by atoms with E-state index in [1.165, 1.54) is 21.6 Å². The Balaban J connectivity index is 2.59. The summed E-state index contributed by atoms with van der Waals surface area (Å²) in [5.74, 6) is 0. The summed E-state index contributed by atoms with van der Waals surface area (Å²) in [5.41, 5.74) is 3.75. The summed E-state index contributed by atoms with van der Waals surface area (Å²) in [5, 5.41) is 12.0. The lowest BCUT2D eigenvalue weighted by atomic mass is 10.00. The van der Waals surface area contributed by atoms with Gasteiger partial charge in [0.05, 0.1) is 12.6 Å². The van der Waals surface area contributed by atoms with Gasteiger partial charge in [-0.05, 0) is 45.2 Å². The highest BCUT2D eigenvalue weighted by Crippen LogP contribution is 2.12. The third kappa shape index (κ3) is 4.53. The topological polar surface area (TPSA) is 52.6 Å². The number of benzene rings is 1. The van der Waals surface area contributed by atoms with Gasteiger partial charge in [0.15, 0.2) is 0 Å². The van der Waals surface area contributed by atoms with Crippen molar-refractivity contribution in [2.75, 3.05) is 13.7 Å². The number of hydrogen-bond acceptors (Lipinski definition) is 2. The molecular formula is C16H26N2O2. The van der Waals surface area contributed by atoms with Gasteiger partial charge in [0, 0.05) is 13.1 Å². The Bertz CT molecular complexity index is 460. The van der Waals surface area contributed by atoms with Gasteiger partial charge in [0.1, 0.15) is 0 Å². The zero-order valence-electron chi connectivity index (χ0n) is 13.1. The molecule has 2 amide bonds. The molecule has 4 nitrogen and oxygen atoms in total. The molecule has 0 aromatic heterocycles. The van der Waals surface area contributed by atoms with E-state index in [2.05, 4.69) is 37.4 Å². The summed E-state index contributed by atoms with van der Waals surface area (Å²) in [6.45, 7) is 7.95. The molecule has 2 atom stereocenters. The van der Waals surface area contributed by atoms with Gasteiger partial charge in [0.25, 0.3) is 0 Å². The zero-order chi connectivity index (χ0) is 15.3. The van der Waals surface area contributed by atoms with Crippen molar-refractivity contribution in [1.82, 2.24) is 10.2 Å². The van der Waals surface area contributed by atoms with Crippen molar-refractivity contribution >= 4 is 6.03 Å². The van der Waals surface area contributed by atoms with Crippen LogP contribution in [0.1, 0.15) is 30.5 Å². The van der Waals surface area contributed by atoms with E-state index < -0.39 is 0 Å². The van der Waals surface area contributed by atoms with Gasteiger partial charge < -0.3 is 15.3 Å². The summed E-state index contributed by atoms with van der Waals surface area (Å²) in [6.07, 6.45) is 0.805. The van der Waals surface area contributed by atoms with E-state index in [4.69, 9.17) is 5.11 Å². The minimum Gasteiger partial charge on any atom is -0.394 e. The van der Waals surface area contributed by atoms with Gasteiger partial charge in [0.2, 0.25) is 0 Å². The number of rotatable bonds is 5. The second kappa shape index (κ2) is 7.29. The first-order valence-corrected chi connectivity index (χ1v) is 7.05. The van der Waals surface area contributed by atoms with Crippen LogP contribution < -0.4 is 5.32 Å². The van der Waals surface area contributed by atoms with E-state index >= 15 is 0 Å². The van der Waals surface area contributed by atoms with Crippen LogP contribution in [0.25, 0.3) is 0 Å². The summed E-state index contributed by atoms with van der Waals surface area (Å²) >= 11 is 0. The number of amides is 2. The van der Waals surface area contributed by atoms with E-state index in [0.29, 0.717) is 0 Å². The van der Waals surface area contributed by atoms with Gasteiger partial charge >= 0.3 is 6.03 Å². The Hall–Kier alpha value is -1.55. The minimum absolute atomic E-state index is 0.0324. The first kappa shape index (κ1) is 16.5. The summed E-state index contributed by atoms with van der Waals surface area (Å²) in [4.78, 5) is 13.5. The Morgan fingerprint density at radius 3 is 2.55 bits per heavy atom. The van der Waals surface area contributed by atoms with Gasteiger partial charge in [-0.15, -0.1) is 0 Å². The minimum atomic E-state index is -0.177. The molecule has 0 aliphatic carbocycles. The van der Waals surface area contributed by atoms with Crippen molar-refractivity contribution in [3.63, 3.8) is 0 Å². The Kier molecular flexibility index (Phi) is 6.02. The lowest BCUT2D eigenvalue weighted by Crippen LogP contribution is -2.47. The molecule has 2 N–H and O–H groups in total. The van der Waals surface area contributed by atoms with Crippen LogP contribution in [0.3, 0.4) is 0 Å². The van der Waals surface area contributed by atoms with Crippen LogP contribution in [0.2, 0.25) is 0 Å². The molecule has 0 heterocycles. The maximum atomic E-state index is 12.0. The highest BCUT2D eigenvalue weighted by atomic mass is 16.3. The first-order chi connectivity index (χ1) is 9.35. The van der Waals surface area contributed by atoms with E-state index in [0.717, 1.165) is 6.42 Å². The SMILES string of the molecule is Cc1ccc(CC(C)NC(=O)N(C)C(C)CO)c(C)c1. The third-order valence-electron chi connectivity index (χ3n) is 3.64. The second-order valence-corrected chi connectivity index (χ2v) is 5.63. The van der Waals surface area contributed by atoms with Crippen molar-refractivity contribution < 1.29 is 9.90 Å². The van der Waals surface area contributed by atoms with Crippen LogP contribution in [-0.4, -0.2) is 41.8 Å². The molecule has 0 bridgehead atoms. The number of carbonyl (C=O) groups is 1. The maximum Gasteiger partial charge on any atom is 0.317 e. The average Bonchev–Trinajstić information content (AvgIpc) is 2.40. The summed E-state index contributed by atoms with van der Waals surface area (Å²) in [7, 11) is 1.69. The summed E-state index contributed by atoms with van der Waals surface area (Å²) in [6, 6.07) is 6.10. The fraction of sp³-hybridized carbons (Fsp3) is 0.562. The molecule has 20 heavy (non-hydrogen) atoms. The number of aryl methyl sites for hydroxylation is 2. The molecule has 1 rings (SSSR count). The number of aliphatic hydroxyl groups is 1. The van der Waals surface area contributed by atoms with E-state index in [1.54, 1.807) is 7.05 Å². The van der Waals surface area contributed by atoms with Crippen LogP contribution in [0.15, 0.2) is 18.2 Å². The van der Waals surface area contributed by atoms with Crippen molar-refractivity contribution in [1.29, 1.82) is 0 Å². The fourth-order valence-corrected chi connectivity index (χ4v) is 2.09. The van der Waals surface area contributed by atoms with Crippen molar-refractivity contribution in [2.24, 2.45) is 0 Å². The molecule has 0 saturated heterocycles. The van der Waals surface area contributed by atoms with Gasteiger partial charge in [-0.25, -0.2) is 4.79 Å². The molecule has 0 spiro atoms. The molecule has 0 radical (unpaired) electrons. The maximum absolute atomic E-state index is 12.0. The number of urea groups is 1. The van der Waals surface area contributed by atoms with E-state index in [1.807, 2.05) is 13.8 Å². The number of carbonyl (C=O) groups excluding carboxylic acids is 1. The first-order valence-electron chi connectivity index (χ1n) is 7.05. The number of nitrogens with one attached hydrogen (secondary N) is 1. The molecule has 2 unspecified atom stereocenters. The third-order valence-corrected chi connectivity index (χ3v) is 3.64. The van der Waals surface area contributed by atoms with Crippen LogP contribution >= 0.6 is 0 Å². The molecule has 0 aliphatic heterocycles. The molecule has 4 heteroatoms. The predicted octanol–water partition coefficient (Wildman–Crippen LogP) is 2.26. The van der Waals surface area contributed by atoms with Crippen LogP contribution in [0, 0.1) is 13.8 Å². The second-order valence-electron chi connectivity index (χ2n) is 5.63. The quantitative estimate of drug-likeness (QED) is 0.868. The normalized spacial score (nSPS) is 13.7. The molecule has 0 aliphatic rings. The number of hydrogen-bond donors (Lipinski definition) is 2. The fourth-order valence-electron chi connectivity index (χ4n) is 2.09. The van der Waals surface area contributed by atoms with Crippen LogP contribution in [0.4, 0.5) is 4.79 Å². The Morgan fingerprint density at radius 1 is 1.35 bits per heavy atom. The van der Waals surface area contributed by atoms with Crippen molar-refractivity contribution in [3.05, 3.63) is 34.9 Å². The molecule has 112 valence electrons. The number of aliphatic hydroxyl groups excluding tert-OH is 1. The van der Waals surface area contributed by atoms with Crippen LogP contribution in [-0.2, 0) is 6.42 Å². The predicted molar refractivity (Wildman–Crippen MR) is 81.9 cm³/mol. The highest BCUT2D eigenvalue weighted by Gasteiger charge is 2.17. The average molecular weight is 278 g/mol. The number of likely N-dealkylation sites (N-methyl/N-ethyl adjacent to an activating group) is 1. The largest absolute Gasteiger partial charge is 0.394 e. The molecule has 1 aromatic carbocycles. The highest BCUT2D eigenvalue weighted by molar-refractivity contribution is 5.74. The lowest BCUT2D eigenvalue weighted by molar-refractivity contribution is 0.155. The van der Waals surface area contributed by atoms with Crippen molar-refractivity contribution in [2.45, 2.75) is 46.2 Å². The zero-order valence-corrected chi connectivity index (χ0v) is 13.1. The van der Waals surface area contributed by atoms with Gasteiger partial charge in [-0.3, -0.25) is 0 Å². The van der Waals surface area contributed by atoms with Crippen molar-refractivity contribution in [3.8, 4) is 0 Å². The molecule has 0 saturated carbocycles. The monoisotopic (exact) mass is 278 g/mol. The molecular weight excluding hydrogens is 252 g/mol. The molecule has 0 fully saturated rings. The smallest absolute Gasteiger partial charge is 0.317 e. The lowest BCUT2D eigenvalue weighted by Gasteiger charge is -2.26. The Morgan fingerprint density at radius 2 is 2.00 bits per heavy atom. The van der Waals surface area contributed by atoms with Crippen LogP contribution in [0.5, 0.6) is 0 Å². The van der Waals surface area contributed by atoms with E-state index in [9.17, 15) is 4.79 Å².